The summed E-state index contributed by atoms with van der Waals surface area (Å²) in [7, 11) is 1.58. The molecule has 0 aliphatic heterocycles. The maximum Gasteiger partial charge on any atom is 0.238 e. The maximum absolute atomic E-state index is 12.0. The minimum absolute atomic E-state index is 0.00891. The average molecular weight is 285 g/mol. The molecule has 1 aromatic heterocycles. The largest absolute Gasteiger partial charge is 0.495 e. The number of methoxy groups -OCH3 is 1. The van der Waals surface area contributed by atoms with E-state index in [-0.39, 0.29) is 18.5 Å². The molecule has 0 spiro atoms. The molecule has 0 aliphatic carbocycles. The molecule has 0 saturated heterocycles. The fraction of sp³-hybridized carbons (Fsp3) is 0.250. The molecule has 0 aliphatic rings. The van der Waals surface area contributed by atoms with Gasteiger partial charge in [-0.05, 0) is 31.2 Å². The number of carbonyl (C=O) groups is 1. The van der Waals surface area contributed by atoms with Gasteiger partial charge >= 0.3 is 0 Å². The molecule has 110 valence electrons. The Balaban J connectivity index is 1.88. The van der Waals surface area contributed by atoms with Crippen molar-refractivity contribution in [1.82, 2.24) is 10.3 Å². The van der Waals surface area contributed by atoms with Gasteiger partial charge in [-0.25, -0.2) is 0 Å². The van der Waals surface area contributed by atoms with Crippen molar-refractivity contribution in [2.24, 2.45) is 0 Å². The standard InChI is InChI=1S/C16H19N3O2/c1-12(13-7-5-6-10-17-13)18-11-16(20)19-14-8-3-4-9-15(14)21-2/h3-10,12,18H,11H2,1-2H3,(H,19,20)/t12-/m0/s1. The monoisotopic (exact) mass is 285 g/mol. The first kappa shape index (κ1) is 15.0. The van der Waals surface area contributed by atoms with Crippen LogP contribution in [0.5, 0.6) is 5.75 Å². The lowest BCUT2D eigenvalue weighted by atomic mass is 10.2. The van der Waals surface area contributed by atoms with Crippen LogP contribution >= 0.6 is 0 Å². The summed E-state index contributed by atoms with van der Waals surface area (Å²) in [4.78, 5) is 16.2. The molecule has 21 heavy (non-hydrogen) atoms. The second-order valence-electron chi connectivity index (χ2n) is 4.61. The van der Waals surface area contributed by atoms with E-state index in [4.69, 9.17) is 4.74 Å². The van der Waals surface area contributed by atoms with E-state index in [0.29, 0.717) is 11.4 Å². The van der Waals surface area contributed by atoms with Crippen LogP contribution in [0.3, 0.4) is 0 Å². The second kappa shape index (κ2) is 7.40. The lowest BCUT2D eigenvalue weighted by molar-refractivity contribution is -0.115. The highest BCUT2D eigenvalue weighted by Crippen LogP contribution is 2.22. The summed E-state index contributed by atoms with van der Waals surface area (Å²) < 4.78 is 5.20. The average Bonchev–Trinajstić information content (AvgIpc) is 2.54. The third-order valence-corrected chi connectivity index (χ3v) is 3.08. The number of anilines is 1. The van der Waals surface area contributed by atoms with Crippen molar-refractivity contribution < 1.29 is 9.53 Å². The molecule has 1 heterocycles. The lowest BCUT2D eigenvalue weighted by Crippen LogP contribution is -2.30. The van der Waals surface area contributed by atoms with E-state index in [2.05, 4.69) is 15.6 Å². The Labute approximate surface area is 124 Å². The molecule has 2 aromatic rings. The molecular weight excluding hydrogens is 266 g/mol. The Bertz CT molecular complexity index is 587. The zero-order chi connectivity index (χ0) is 15.1. The van der Waals surface area contributed by atoms with Crippen LogP contribution in [0.15, 0.2) is 48.7 Å². The topological polar surface area (TPSA) is 63.2 Å². The Morgan fingerprint density at radius 2 is 2.00 bits per heavy atom. The van der Waals surface area contributed by atoms with Crippen LogP contribution < -0.4 is 15.4 Å². The first-order valence-electron chi connectivity index (χ1n) is 6.78. The highest BCUT2D eigenvalue weighted by Gasteiger charge is 2.10. The molecule has 2 rings (SSSR count). The molecule has 0 unspecified atom stereocenters. The van der Waals surface area contributed by atoms with Crippen molar-refractivity contribution in [3.05, 3.63) is 54.4 Å². The van der Waals surface area contributed by atoms with Crippen LogP contribution in [-0.2, 0) is 4.79 Å². The van der Waals surface area contributed by atoms with E-state index in [1.54, 1.807) is 25.4 Å². The molecule has 5 heteroatoms. The van der Waals surface area contributed by atoms with E-state index in [0.717, 1.165) is 5.69 Å². The highest BCUT2D eigenvalue weighted by molar-refractivity contribution is 5.93. The number of hydrogen-bond donors (Lipinski definition) is 2. The van der Waals surface area contributed by atoms with E-state index in [1.165, 1.54) is 0 Å². The summed E-state index contributed by atoms with van der Waals surface area (Å²) in [5.41, 5.74) is 1.57. The second-order valence-corrected chi connectivity index (χ2v) is 4.61. The fourth-order valence-electron chi connectivity index (χ4n) is 1.92. The number of aromatic nitrogens is 1. The van der Waals surface area contributed by atoms with Crippen molar-refractivity contribution in [3.8, 4) is 5.75 Å². The van der Waals surface area contributed by atoms with Crippen molar-refractivity contribution in [3.63, 3.8) is 0 Å². The van der Waals surface area contributed by atoms with Gasteiger partial charge in [-0.1, -0.05) is 18.2 Å². The molecule has 5 nitrogen and oxygen atoms in total. The summed E-state index contributed by atoms with van der Waals surface area (Å²) in [6.07, 6.45) is 1.74. The number of carbonyl (C=O) groups excluding carboxylic acids is 1. The lowest BCUT2D eigenvalue weighted by Gasteiger charge is -2.14. The molecule has 0 fully saturated rings. The van der Waals surface area contributed by atoms with Gasteiger partial charge in [0.2, 0.25) is 5.91 Å². The van der Waals surface area contributed by atoms with E-state index in [1.807, 2.05) is 37.3 Å². The van der Waals surface area contributed by atoms with Crippen LogP contribution in [0.2, 0.25) is 0 Å². The van der Waals surface area contributed by atoms with Gasteiger partial charge in [0.1, 0.15) is 5.75 Å². The Morgan fingerprint density at radius 3 is 2.71 bits per heavy atom. The summed E-state index contributed by atoms with van der Waals surface area (Å²) >= 11 is 0. The van der Waals surface area contributed by atoms with Crippen molar-refractivity contribution >= 4 is 11.6 Å². The van der Waals surface area contributed by atoms with Crippen molar-refractivity contribution in [2.45, 2.75) is 13.0 Å². The summed E-state index contributed by atoms with van der Waals surface area (Å²) in [6, 6.07) is 13.0. The minimum Gasteiger partial charge on any atom is -0.495 e. The molecule has 0 saturated carbocycles. The number of para-hydroxylation sites is 2. The minimum atomic E-state index is -0.123. The van der Waals surface area contributed by atoms with E-state index < -0.39 is 0 Å². The normalized spacial score (nSPS) is 11.7. The molecule has 0 radical (unpaired) electrons. The van der Waals surface area contributed by atoms with E-state index >= 15 is 0 Å². The number of amides is 1. The van der Waals surface area contributed by atoms with Crippen molar-refractivity contribution in [2.75, 3.05) is 19.0 Å². The number of benzene rings is 1. The zero-order valence-corrected chi connectivity index (χ0v) is 12.2. The predicted octanol–water partition coefficient (Wildman–Crippen LogP) is 2.38. The predicted molar refractivity (Wildman–Crippen MR) is 82.3 cm³/mol. The van der Waals surface area contributed by atoms with Gasteiger partial charge in [-0.15, -0.1) is 0 Å². The number of nitrogens with zero attached hydrogens (tertiary/aromatic N) is 1. The van der Waals surface area contributed by atoms with Crippen LogP contribution in [0.1, 0.15) is 18.7 Å². The Morgan fingerprint density at radius 1 is 1.24 bits per heavy atom. The molecule has 1 atom stereocenters. The molecular formula is C16H19N3O2. The van der Waals surface area contributed by atoms with Crippen LogP contribution in [0, 0.1) is 0 Å². The molecule has 1 amide bonds. The van der Waals surface area contributed by atoms with Gasteiger partial charge in [-0.3, -0.25) is 9.78 Å². The van der Waals surface area contributed by atoms with Gasteiger partial charge in [0.25, 0.3) is 0 Å². The Hall–Kier alpha value is -2.40. The Kier molecular flexibility index (Phi) is 5.29. The maximum atomic E-state index is 12.0. The summed E-state index contributed by atoms with van der Waals surface area (Å²) in [5.74, 6) is 0.519. The molecule has 2 N–H and O–H groups in total. The summed E-state index contributed by atoms with van der Waals surface area (Å²) in [6.45, 7) is 2.18. The highest BCUT2D eigenvalue weighted by atomic mass is 16.5. The van der Waals surface area contributed by atoms with Gasteiger partial charge < -0.3 is 15.4 Å². The van der Waals surface area contributed by atoms with Gasteiger partial charge in [-0.2, -0.15) is 0 Å². The van der Waals surface area contributed by atoms with E-state index in [9.17, 15) is 4.79 Å². The SMILES string of the molecule is COc1ccccc1NC(=O)CN[C@@H](C)c1ccccn1. The smallest absolute Gasteiger partial charge is 0.238 e. The fourth-order valence-corrected chi connectivity index (χ4v) is 1.92. The van der Waals surface area contributed by atoms with Crippen LogP contribution in [0.4, 0.5) is 5.69 Å². The number of ether oxygens (including phenoxy) is 1. The zero-order valence-electron chi connectivity index (χ0n) is 12.2. The third kappa shape index (κ3) is 4.29. The number of pyridine rings is 1. The molecule has 0 bridgehead atoms. The first-order valence-corrected chi connectivity index (χ1v) is 6.78. The van der Waals surface area contributed by atoms with Gasteiger partial charge in [0.05, 0.1) is 25.0 Å². The molecule has 1 aromatic carbocycles. The number of hydrogen-bond acceptors (Lipinski definition) is 4. The number of nitrogens with one attached hydrogen (secondary N) is 2. The van der Waals surface area contributed by atoms with Gasteiger partial charge in [0.15, 0.2) is 0 Å². The van der Waals surface area contributed by atoms with Gasteiger partial charge in [0, 0.05) is 12.2 Å². The number of rotatable bonds is 6. The van der Waals surface area contributed by atoms with Crippen LogP contribution in [-0.4, -0.2) is 24.5 Å². The third-order valence-electron chi connectivity index (χ3n) is 3.08. The van der Waals surface area contributed by atoms with Crippen molar-refractivity contribution in [1.29, 1.82) is 0 Å². The quantitative estimate of drug-likeness (QED) is 0.855. The summed E-state index contributed by atoms with van der Waals surface area (Å²) in [5, 5.41) is 5.96. The van der Waals surface area contributed by atoms with Crippen LogP contribution in [0.25, 0.3) is 0 Å². The first-order chi connectivity index (χ1) is 10.2.